The van der Waals surface area contributed by atoms with E-state index in [0.29, 0.717) is 31.9 Å². The molecule has 0 spiro atoms. The highest BCUT2D eigenvalue weighted by atomic mass is 32.2. The summed E-state index contributed by atoms with van der Waals surface area (Å²) in [6.07, 6.45) is 1.27. The van der Waals surface area contributed by atoms with E-state index in [4.69, 9.17) is 0 Å². The highest BCUT2D eigenvalue weighted by Crippen LogP contribution is 2.25. The average Bonchev–Trinajstić information content (AvgIpc) is 2.90. The Labute approximate surface area is 166 Å². The number of hydrogen-bond donors (Lipinski definition) is 0. The number of halogens is 1. The number of aromatic nitrogens is 2. The van der Waals surface area contributed by atoms with Crippen molar-refractivity contribution in [3.05, 3.63) is 52.7 Å². The van der Waals surface area contributed by atoms with Gasteiger partial charge in [-0.2, -0.15) is 0 Å². The van der Waals surface area contributed by atoms with Gasteiger partial charge in [-0.3, -0.25) is 0 Å². The first-order valence-electron chi connectivity index (χ1n) is 9.61. The molecule has 0 saturated carbocycles. The van der Waals surface area contributed by atoms with Crippen LogP contribution in [0, 0.1) is 19.7 Å². The zero-order valence-corrected chi connectivity index (χ0v) is 17.5. The molecule has 2 aromatic rings. The Hall–Kier alpha value is -2.06. The maximum atomic E-state index is 13.6. The molecule has 1 saturated heterocycles. The van der Waals surface area contributed by atoms with Gasteiger partial charge in [0.2, 0.25) is 10.0 Å². The second-order valence-corrected chi connectivity index (χ2v) is 9.36. The summed E-state index contributed by atoms with van der Waals surface area (Å²) in [4.78, 5) is 11.3. The van der Waals surface area contributed by atoms with Crippen LogP contribution in [0.1, 0.15) is 36.0 Å². The van der Waals surface area contributed by atoms with Crippen molar-refractivity contribution < 1.29 is 12.8 Å². The third-order valence-corrected chi connectivity index (χ3v) is 6.97. The Balaban J connectivity index is 1.91. The van der Waals surface area contributed by atoms with Crippen LogP contribution in [0.25, 0.3) is 0 Å². The first kappa shape index (κ1) is 20.7. The number of aryl methyl sites for hydroxylation is 2. The molecule has 1 aromatic carbocycles. The highest BCUT2D eigenvalue weighted by molar-refractivity contribution is 7.89. The first-order valence-corrected chi connectivity index (χ1v) is 11.2. The Morgan fingerprint density at radius 3 is 2.61 bits per heavy atom. The van der Waals surface area contributed by atoms with Crippen LogP contribution in [-0.2, 0) is 16.4 Å². The van der Waals surface area contributed by atoms with Gasteiger partial charge >= 0.3 is 0 Å². The summed E-state index contributed by atoms with van der Waals surface area (Å²) in [5, 5.41) is 0. The molecule has 152 valence electrons. The van der Waals surface area contributed by atoms with Gasteiger partial charge in [-0.15, -0.1) is 0 Å². The van der Waals surface area contributed by atoms with Gasteiger partial charge in [-0.05, 0) is 44.9 Å². The van der Waals surface area contributed by atoms with Gasteiger partial charge < -0.3 is 4.90 Å². The summed E-state index contributed by atoms with van der Waals surface area (Å²) in [6.45, 7) is 7.73. The highest BCUT2D eigenvalue weighted by Gasteiger charge is 2.26. The lowest BCUT2D eigenvalue weighted by Gasteiger charge is -2.26. The van der Waals surface area contributed by atoms with E-state index in [1.165, 1.54) is 12.1 Å². The number of benzene rings is 1. The molecule has 3 rings (SSSR count). The van der Waals surface area contributed by atoms with Crippen molar-refractivity contribution in [1.82, 2.24) is 14.3 Å². The molecule has 8 heteroatoms. The molecule has 1 aliphatic heterocycles. The predicted molar refractivity (Wildman–Crippen MR) is 109 cm³/mol. The van der Waals surface area contributed by atoms with Crippen LogP contribution in [0.15, 0.2) is 24.3 Å². The van der Waals surface area contributed by atoms with Crippen LogP contribution in [0.4, 0.5) is 10.2 Å². The van der Waals surface area contributed by atoms with Crippen LogP contribution < -0.4 is 4.90 Å². The fourth-order valence-electron chi connectivity index (χ4n) is 3.60. The third kappa shape index (κ3) is 4.67. The van der Waals surface area contributed by atoms with E-state index in [-0.39, 0.29) is 11.6 Å². The second kappa shape index (κ2) is 8.53. The zero-order valence-electron chi connectivity index (χ0n) is 16.7. The molecule has 1 fully saturated rings. The summed E-state index contributed by atoms with van der Waals surface area (Å²) in [7, 11) is -3.20. The van der Waals surface area contributed by atoms with Crippen LogP contribution in [0.5, 0.6) is 0 Å². The van der Waals surface area contributed by atoms with E-state index in [1.54, 1.807) is 17.3 Å². The Kier molecular flexibility index (Phi) is 6.30. The molecule has 0 N–H and O–H groups in total. The van der Waals surface area contributed by atoms with Crippen molar-refractivity contribution in [2.24, 2.45) is 0 Å². The van der Waals surface area contributed by atoms with Crippen LogP contribution in [0.2, 0.25) is 0 Å². The summed E-state index contributed by atoms with van der Waals surface area (Å²) in [5.41, 5.74) is 2.69. The van der Waals surface area contributed by atoms with Crippen molar-refractivity contribution in [3.63, 3.8) is 0 Å². The van der Waals surface area contributed by atoms with Gasteiger partial charge in [0.15, 0.2) is 0 Å². The largest absolute Gasteiger partial charge is 0.355 e. The minimum Gasteiger partial charge on any atom is -0.355 e. The van der Waals surface area contributed by atoms with Gasteiger partial charge in [0.25, 0.3) is 0 Å². The van der Waals surface area contributed by atoms with Crippen LogP contribution >= 0.6 is 0 Å². The Morgan fingerprint density at radius 2 is 1.89 bits per heavy atom. The third-order valence-electron chi connectivity index (χ3n) is 5.09. The van der Waals surface area contributed by atoms with E-state index in [9.17, 15) is 12.8 Å². The number of sulfonamides is 1. The maximum absolute atomic E-state index is 13.6. The molecule has 6 nitrogen and oxygen atoms in total. The minimum atomic E-state index is -3.20. The number of hydrogen-bond acceptors (Lipinski definition) is 5. The standard InChI is InChI=1S/C20H27FN4O2S/c1-4-28(26,27)25-10-6-9-24(11-12-25)20-19(15(2)22-16(3)23-20)14-17-7-5-8-18(21)13-17/h5,7-8,13H,4,6,9-12,14H2,1-3H3. The number of nitrogens with zero attached hydrogens (tertiary/aromatic N) is 4. The SMILES string of the molecule is CCS(=O)(=O)N1CCCN(c2nc(C)nc(C)c2Cc2cccc(F)c2)CC1. The molecule has 1 aliphatic rings. The van der Waals surface area contributed by atoms with Crippen molar-refractivity contribution in [1.29, 1.82) is 0 Å². The molecule has 0 radical (unpaired) electrons. The fraction of sp³-hybridized carbons (Fsp3) is 0.500. The molecule has 0 aliphatic carbocycles. The second-order valence-electron chi connectivity index (χ2n) is 7.11. The smallest absolute Gasteiger partial charge is 0.213 e. The molecular weight excluding hydrogens is 379 g/mol. The van der Waals surface area contributed by atoms with Crippen LogP contribution in [-0.4, -0.2) is 54.6 Å². The van der Waals surface area contributed by atoms with Gasteiger partial charge in [0, 0.05) is 43.9 Å². The van der Waals surface area contributed by atoms with Gasteiger partial charge in [-0.25, -0.2) is 27.1 Å². The van der Waals surface area contributed by atoms with E-state index in [2.05, 4.69) is 14.9 Å². The van der Waals surface area contributed by atoms with Crippen LogP contribution in [0.3, 0.4) is 0 Å². The minimum absolute atomic E-state index is 0.115. The quantitative estimate of drug-likeness (QED) is 0.764. The van der Waals surface area contributed by atoms with E-state index in [1.807, 2.05) is 19.9 Å². The monoisotopic (exact) mass is 406 g/mol. The molecule has 2 heterocycles. The average molecular weight is 407 g/mol. The normalized spacial score (nSPS) is 16.2. The predicted octanol–water partition coefficient (Wildman–Crippen LogP) is 2.69. The lowest BCUT2D eigenvalue weighted by atomic mass is 10.0. The van der Waals surface area contributed by atoms with E-state index in [0.717, 1.165) is 35.6 Å². The van der Waals surface area contributed by atoms with Gasteiger partial charge in [0.05, 0.1) is 5.75 Å². The lowest BCUT2D eigenvalue weighted by molar-refractivity contribution is 0.434. The molecule has 0 bridgehead atoms. The molecular formula is C20H27FN4O2S. The molecule has 1 aromatic heterocycles. The van der Waals surface area contributed by atoms with E-state index < -0.39 is 10.0 Å². The summed E-state index contributed by atoms with van der Waals surface area (Å²) >= 11 is 0. The lowest BCUT2D eigenvalue weighted by Crippen LogP contribution is -2.36. The molecule has 0 unspecified atom stereocenters. The van der Waals surface area contributed by atoms with Gasteiger partial charge in [-0.1, -0.05) is 12.1 Å². The maximum Gasteiger partial charge on any atom is 0.213 e. The van der Waals surface area contributed by atoms with Crippen molar-refractivity contribution in [2.45, 2.75) is 33.6 Å². The Morgan fingerprint density at radius 1 is 1.11 bits per heavy atom. The van der Waals surface area contributed by atoms with E-state index >= 15 is 0 Å². The summed E-state index contributed by atoms with van der Waals surface area (Å²) < 4.78 is 39.7. The Bertz CT molecular complexity index is 949. The van der Waals surface area contributed by atoms with Crippen molar-refractivity contribution in [2.75, 3.05) is 36.8 Å². The number of rotatable bonds is 5. The van der Waals surface area contributed by atoms with Crippen molar-refractivity contribution in [3.8, 4) is 0 Å². The first-order chi connectivity index (χ1) is 13.3. The summed E-state index contributed by atoms with van der Waals surface area (Å²) in [6, 6.07) is 6.56. The molecule has 0 atom stereocenters. The zero-order chi connectivity index (χ0) is 20.3. The topological polar surface area (TPSA) is 66.4 Å². The van der Waals surface area contributed by atoms with Gasteiger partial charge in [0.1, 0.15) is 17.5 Å². The molecule has 28 heavy (non-hydrogen) atoms. The fourth-order valence-corrected chi connectivity index (χ4v) is 4.74. The molecule has 0 amide bonds. The van der Waals surface area contributed by atoms with Crippen molar-refractivity contribution >= 4 is 15.8 Å². The number of anilines is 1. The summed E-state index contributed by atoms with van der Waals surface area (Å²) in [5.74, 6) is 1.35.